The van der Waals surface area contributed by atoms with E-state index in [1.165, 1.54) is 22.1 Å². The summed E-state index contributed by atoms with van der Waals surface area (Å²) in [4.78, 5) is 6.01. The Morgan fingerprint density at radius 1 is 1.24 bits per heavy atom. The predicted octanol–water partition coefficient (Wildman–Crippen LogP) is 3.10. The highest BCUT2D eigenvalue weighted by Gasteiger charge is 2.72. The third kappa shape index (κ3) is 1.61. The third-order valence-electron chi connectivity index (χ3n) is 8.24. The standard InChI is InChI=1S/C24H24N2O3/c1-26-10-9-23-19-13-7-8-17(28-2)21(19)29-22(23)20-15(12-24(23,27)18(26)11-13)14-5-3-4-6-16(14)25-20/h3-8,18,22,25,27H,9-12H2,1-2H3/t18?,22-,23-,24+/m0/s1. The molecule has 1 unspecified atom stereocenters. The van der Waals surface area contributed by atoms with Gasteiger partial charge < -0.3 is 24.5 Å². The molecule has 1 saturated heterocycles. The summed E-state index contributed by atoms with van der Waals surface area (Å²) in [6, 6.07) is 12.7. The molecule has 5 heteroatoms. The van der Waals surface area contributed by atoms with Crippen molar-refractivity contribution in [1.29, 1.82) is 0 Å². The maximum absolute atomic E-state index is 12.5. The van der Waals surface area contributed by atoms with Crippen molar-refractivity contribution >= 4 is 10.9 Å². The van der Waals surface area contributed by atoms with E-state index in [-0.39, 0.29) is 12.1 Å². The number of hydrogen-bond donors (Lipinski definition) is 2. The summed E-state index contributed by atoms with van der Waals surface area (Å²) in [5.41, 5.74) is 4.64. The number of H-pyrrole nitrogens is 1. The van der Waals surface area contributed by atoms with Crippen molar-refractivity contribution in [3.05, 3.63) is 58.8 Å². The van der Waals surface area contributed by atoms with Crippen LogP contribution in [0.1, 0.15) is 34.9 Å². The lowest BCUT2D eigenvalue weighted by Crippen LogP contribution is -2.73. The lowest BCUT2D eigenvalue weighted by Gasteiger charge is -2.62. The summed E-state index contributed by atoms with van der Waals surface area (Å²) < 4.78 is 12.4. The van der Waals surface area contributed by atoms with Crippen LogP contribution in [0.2, 0.25) is 0 Å². The number of piperidine rings is 1. The number of hydrogen-bond acceptors (Lipinski definition) is 4. The van der Waals surface area contributed by atoms with Gasteiger partial charge in [-0.05, 0) is 49.7 Å². The molecule has 0 amide bonds. The summed E-state index contributed by atoms with van der Waals surface area (Å²) in [7, 11) is 3.85. The number of benzene rings is 2. The van der Waals surface area contributed by atoms with E-state index in [0.717, 1.165) is 42.1 Å². The van der Waals surface area contributed by atoms with Crippen molar-refractivity contribution in [2.24, 2.45) is 0 Å². The van der Waals surface area contributed by atoms with Gasteiger partial charge in [-0.1, -0.05) is 24.3 Å². The molecule has 0 saturated carbocycles. The minimum atomic E-state index is -0.868. The minimum absolute atomic E-state index is 0.0796. The van der Waals surface area contributed by atoms with Crippen LogP contribution in [0.25, 0.3) is 10.9 Å². The van der Waals surface area contributed by atoms with Crippen LogP contribution in [-0.4, -0.2) is 47.3 Å². The zero-order valence-electron chi connectivity index (χ0n) is 16.7. The third-order valence-corrected chi connectivity index (χ3v) is 8.24. The first-order chi connectivity index (χ1) is 14.1. The van der Waals surface area contributed by atoms with Gasteiger partial charge >= 0.3 is 0 Å². The molecule has 29 heavy (non-hydrogen) atoms. The van der Waals surface area contributed by atoms with Crippen LogP contribution in [0.5, 0.6) is 11.5 Å². The van der Waals surface area contributed by atoms with Gasteiger partial charge in [0.1, 0.15) is 0 Å². The van der Waals surface area contributed by atoms with Crippen molar-refractivity contribution < 1.29 is 14.6 Å². The lowest BCUT2D eigenvalue weighted by atomic mass is 9.49. The number of aromatic nitrogens is 1. The van der Waals surface area contributed by atoms with E-state index in [1.807, 2.05) is 6.07 Å². The van der Waals surface area contributed by atoms with Crippen molar-refractivity contribution in [3.8, 4) is 11.5 Å². The number of likely N-dealkylation sites (tertiary alicyclic amines) is 1. The number of aromatic amines is 1. The van der Waals surface area contributed by atoms with E-state index in [2.05, 4.69) is 47.3 Å². The molecule has 3 aromatic rings. The lowest BCUT2D eigenvalue weighted by molar-refractivity contribution is -0.167. The monoisotopic (exact) mass is 388 g/mol. The van der Waals surface area contributed by atoms with E-state index in [0.29, 0.717) is 6.42 Å². The van der Waals surface area contributed by atoms with E-state index < -0.39 is 11.0 Å². The van der Waals surface area contributed by atoms with E-state index >= 15 is 0 Å². The quantitative estimate of drug-likeness (QED) is 0.673. The van der Waals surface area contributed by atoms with Gasteiger partial charge in [0.05, 0.1) is 23.8 Å². The number of aliphatic hydroxyl groups is 1. The Hall–Kier alpha value is -2.50. The second-order valence-electron chi connectivity index (χ2n) is 9.21. The second-order valence-corrected chi connectivity index (χ2v) is 9.21. The summed E-state index contributed by atoms with van der Waals surface area (Å²) in [6.45, 7) is 0.957. The van der Waals surface area contributed by atoms with Gasteiger partial charge in [-0.3, -0.25) is 0 Å². The van der Waals surface area contributed by atoms with Gasteiger partial charge in [-0.15, -0.1) is 0 Å². The van der Waals surface area contributed by atoms with E-state index in [9.17, 15) is 5.11 Å². The second kappa shape index (κ2) is 4.97. The van der Waals surface area contributed by atoms with Crippen molar-refractivity contribution in [3.63, 3.8) is 0 Å². The van der Waals surface area contributed by atoms with E-state index in [4.69, 9.17) is 9.47 Å². The molecule has 7 rings (SSSR count). The number of fused-ring (bicyclic) bond motifs is 4. The van der Waals surface area contributed by atoms with Gasteiger partial charge in [0, 0.05) is 28.9 Å². The Bertz CT molecular complexity index is 1200. The zero-order valence-corrected chi connectivity index (χ0v) is 16.7. The van der Waals surface area contributed by atoms with Gasteiger partial charge in [-0.25, -0.2) is 0 Å². The Morgan fingerprint density at radius 2 is 2.10 bits per heavy atom. The molecule has 4 aliphatic rings. The van der Waals surface area contributed by atoms with Crippen LogP contribution in [0, 0.1) is 0 Å². The fraction of sp³-hybridized carbons (Fsp3) is 0.417. The molecular formula is C24H24N2O3. The Balaban J connectivity index is 1.60. The first kappa shape index (κ1) is 16.3. The maximum atomic E-state index is 12.5. The molecule has 1 spiro atoms. The summed E-state index contributed by atoms with van der Waals surface area (Å²) in [5.74, 6) is 1.60. The molecule has 2 aromatic carbocycles. The number of ether oxygens (including phenoxy) is 2. The first-order valence-electron chi connectivity index (χ1n) is 10.5. The van der Waals surface area contributed by atoms with Crippen molar-refractivity contribution in [2.75, 3.05) is 20.7 Å². The van der Waals surface area contributed by atoms with Gasteiger partial charge in [0.25, 0.3) is 0 Å². The number of nitrogens with one attached hydrogen (secondary N) is 1. The SMILES string of the molecule is COc1ccc2c3c1O[C@H]1c4[nH]c5ccccc5c4C[C@@]4(O)C(C2)N(C)CC[C@]314. The highest BCUT2D eigenvalue weighted by molar-refractivity contribution is 5.86. The molecule has 4 atom stereocenters. The average Bonchev–Trinajstić information content (AvgIpc) is 3.26. The van der Waals surface area contributed by atoms with Crippen LogP contribution >= 0.6 is 0 Å². The summed E-state index contributed by atoms with van der Waals surface area (Å²) in [6.07, 6.45) is 2.15. The Kier molecular flexibility index (Phi) is 2.80. The Labute approximate surface area is 169 Å². The molecule has 0 radical (unpaired) electrons. The Morgan fingerprint density at radius 3 is 2.97 bits per heavy atom. The molecule has 2 N–H and O–H groups in total. The van der Waals surface area contributed by atoms with Crippen LogP contribution in [0.15, 0.2) is 36.4 Å². The molecule has 148 valence electrons. The molecule has 2 aliphatic heterocycles. The summed E-state index contributed by atoms with van der Waals surface area (Å²) >= 11 is 0. The van der Waals surface area contributed by atoms with Crippen LogP contribution in [-0.2, 0) is 18.3 Å². The summed E-state index contributed by atoms with van der Waals surface area (Å²) in [5, 5.41) is 13.7. The minimum Gasteiger partial charge on any atom is -0.493 e. The number of likely N-dealkylation sites (N-methyl/N-ethyl adjacent to an activating group) is 1. The molecule has 1 fully saturated rings. The maximum Gasteiger partial charge on any atom is 0.166 e. The molecule has 2 aliphatic carbocycles. The molecule has 2 bridgehead atoms. The topological polar surface area (TPSA) is 57.7 Å². The normalized spacial score (nSPS) is 33.9. The smallest absolute Gasteiger partial charge is 0.166 e. The van der Waals surface area contributed by atoms with Gasteiger partial charge in [-0.2, -0.15) is 0 Å². The van der Waals surface area contributed by atoms with E-state index in [1.54, 1.807) is 7.11 Å². The largest absolute Gasteiger partial charge is 0.493 e. The predicted molar refractivity (Wildman–Crippen MR) is 110 cm³/mol. The van der Waals surface area contributed by atoms with Gasteiger partial charge in [0.2, 0.25) is 0 Å². The number of nitrogens with zero attached hydrogens (tertiary/aromatic N) is 1. The molecular weight excluding hydrogens is 364 g/mol. The molecule has 5 nitrogen and oxygen atoms in total. The molecule has 3 heterocycles. The fourth-order valence-electron chi connectivity index (χ4n) is 7.00. The number of para-hydroxylation sites is 1. The zero-order chi connectivity index (χ0) is 19.5. The van der Waals surface area contributed by atoms with Crippen molar-refractivity contribution in [1.82, 2.24) is 9.88 Å². The number of methoxy groups -OCH3 is 1. The van der Waals surface area contributed by atoms with Crippen LogP contribution in [0.4, 0.5) is 0 Å². The average molecular weight is 388 g/mol. The highest BCUT2D eigenvalue weighted by atomic mass is 16.5. The van der Waals surface area contributed by atoms with Crippen LogP contribution < -0.4 is 9.47 Å². The van der Waals surface area contributed by atoms with Gasteiger partial charge in [0.15, 0.2) is 17.6 Å². The first-order valence-corrected chi connectivity index (χ1v) is 10.5. The highest BCUT2D eigenvalue weighted by Crippen LogP contribution is 2.68. The number of rotatable bonds is 1. The molecule has 1 aromatic heterocycles. The van der Waals surface area contributed by atoms with Crippen LogP contribution in [0.3, 0.4) is 0 Å². The fourth-order valence-corrected chi connectivity index (χ4v) is 7.00. The van der Waals surface area contributed by atoms with Crippen molar-refractivity contribution in [2.45, 2.75) is 42.4 Å².